The van der Waals surface area contributed by atoms with Crippen LogP contribution in [0, 0.1) is 13.8 Å². The van der Waals surface area contributed by atoms with Crippen LogP contribution in [0.5, 0.6) is 0 Å². The van der Waals surface area contributed by atoms with Crippen LogP contribution in [-0.4, -0.2) is 70.9 Å². The number of amides is 4. The molecule has 4 amide bonds. The van der Waals surface area contributed by atoms with Crippen molar-refractivity contribution in [1.82, 2.24) is 25.9 Å². The predicted molar refractivity (Wildman–Crippen MR) is 144 cm³/mol. The van der Waals surface area contributed by atoms with E-state index in [9.17, 15) is 24.3 Å². The first kappa shape index (κ1) is 26.5. The number of anilines is 1. The molecule has 2 aromatic carbocycles. The van der Waals surface area contributed by atoms with Crippen LogP contribution in [0.25, 0.3) is 0 Å². The number of carbonyl (C=O) groups is 4. The smallest absolute Gasteiger partial charge is 0.328 e. The zero-order valence-corrected chi connectivity index (χ0v) is 22.2. The first-order valence-corrected chi connectivity index (χ1v) is 13.3. The van der Waals surface area contributed by atoms with Crippen LogP contribution in [0.15, 0.2) is 24.3 Å². The first-order valence-electron chi connectivity index (χ1n) is 13.3. The molecule has 0 aliphatic carbocycles. The van der Waals surface area contributed by atoms with Gasteiger partial charge in [-0.1, -0.05) is 12.1 Å². The number of nitrogens with zero attached hydrogens (tertiary/aromatic N) is 2. The number of hydrogen-bond acceptors (Lipinski definition) is 6. The fraction of sp³-hybridized carbons (Fsp3) is 0.429. The Morgan fingerprint density at radius 1 is 1.03 bits per heavy atom. The summed E-state index contributed by atoms with van der Waals surface area (Å²) < 4.78 is 0. The van der Waals surface area contributed by atoms with Crippen LogP contribution < -0.4 is 21.5 Å². The second kappa shape index (κ2) is 10.9. The summed E-state index contributed by atoms with van der Waals surface area (Å²) in [7, 11) is 0. The second-order valence-electron chi connectivity index (χ2n) is 10.4. The molecule has 2 aromatic rings. The highest BCUT2D eigenvalue weighted by molar-refractivity contribution is 6.00. The number of carboxylic acid groups (broad SMARTS) is 1. The fourth-order valence-electron chi connectivity index (χ4n) is 5.70. The lowest BCUT2D eigenvalue weighted by Crippen LogP contribution is -2.50. The second-order valence-corrected chi connectivity index (χ2v) is 10.4. The SMILES string of the molecule is Cc1cc2c(c(C)c1C(=O)N[C@@H](CNC(=O)N1CCCC1)C(=O)O)CCN(C(=O)c1ccc3c(c1)NNC3)C2. The number of carbonyl (C=O) groups excluding carboxylic acids is 3. The molecule has 1 fully saturated rings. The van der Waals surface area contributed by atoms with Gasteiger partial charge in [0.05, 0.1) is 12.2 Å². The monoisotopic (exact) mass is 534 g/mol. The molecule has 3 aliphatic heterocycles. The van der Waals surface area contributed by atoms with Crippen molar-refractivity contribution in [3.8, 4) is 0 Å². The van der Waals surface area contributed by atoms with Gasteiger partial charge < -0.3 is 31.0 Å². The number of nitrogens with one attached hydrogen (secondary N) is 4. The molecule has 206 valence electrons. The van der Waals surface area contributed by atoms with E-state index in [-0.39, 0.29) is 18.5 Å². The molecule has 1 atom stereocenters. The lowest BCUT2D eigenvalue weighted by Gasteiger charge is -2.31. The van der Waals surface area contributed by atoms with Crippen molar-refractivity contribution in [3.05, 3.63) is 63.2 Å². The Morgan fingerprint density at radius 3 is 2.54 bits per heavy atom. The minimum Gasteiger partial charge on any atom is -0.480 e. The maximum absolute atomic E-state index is 13.3. The molecule has 39 heavy (non-hydrogen) atoms. The Bertz CT molecular complexity index is 1340. The molecule has 0 bridgehead atoms. The fourth-order valence-corrected chi connectivity index (χ4v) is 5.70. The third-order valence-electron chi connectivity index (χ3n) is 7.82. The van der Waals surface area contributed by atoms with Gasteiger partial charge in [-0.05, 0) is 73.1 Å². The molecule has 0 unspecified atom stereocenters. The van der Waals surface area contributed by atoms with E-state index in [0.29, 0.717) is 49.3 Å². The highest BCUT2D eigenvalue weighted by atomic mass is 16.4. The van der Waals surface area contributed by atoms with Crippen molar-refractivity contribution in [3.63, 3.8) is 0 Å². The average Bonchev–Trinajstić information content (AvgIpc) is 3.62. The van der Waals surface area contributed by atoms with Crippen molar-refractivity contribution in [1.29, 1.82) is 0 Å². The number of aryl methyl sites for hydroxylation is 1. The van der Waals surface area contributed by atoms with Crippen molar-refractivity contribution in [2.45, 2.75) is 52.2 Å². The topological polar surface area (TPSA) is 143 Å². The van der Waals surface area contributed by atoms with Crippen molar-refractivity contribution < 1.29 is 24.3 Å². The van der Waals surface area contributed by atoms with Gasteiger partial charge in [-0.3, -0.25) is 9.59 Å². The molecule has 0 saturated carbocycles. The molecule has 0 radical (unpaired) electrons. The normalized spacial score (nSPS) is 16.7. The van der Waals surface area contributed by atoms with E-state index in [4.69, 9.17) is 0 Å². The molecule has 11 heteroatoms. The lowest BCUT2D eigenvalue weighted by atomic mass is 9.88. The van der Waals surface area contributed by atoms with Gasteiger partial charge in [-0.25, -0.2) is 15.0 Å². The van der Waals surface area contributed by atoms with Gasteiger partial charge in [0.25, 0.3) is 11.8 Å². The van der Waals surface area contributed by atoms with Crippen LogP contribution in [0.1, 0.15) is 61.4 Å². The van der Waals surface area contributed by atoms with Crippen LogP contribution in [0.2, 0.25) is 0 Å². The summed E-state index contributed by atoms with van der Waals surface area (Å²) in [6, 6.07) is 6.00. The zero-order valence-electron chi connectivity index (χ0n) is 22.2. The number of hydrogen-bond donors (Lipinski definition) is 5. The molecule has 0 spiro atoms. The number of benzene rings is 2. The van der Waals surface area contributed by atoms with Gasteiger partial charge in [0, 0.05) is 43.9 Å². The van der Waals surface area contributed by atoms with Crippen LogP contribution in [0.3, 0.4) is 0 Å². The van der Waals surface area contributed by atoms with Crippen LogP contribution >= 0.6 is 0 Å². The van der Waals surface area contributed by atoms with E-state index in [1.807, 2.05) is 43.0 Å². The summed E-state index contributed by atoms with van der Waals surface area (Å²) in [5.74, 6) is -1.76. The minimum absolute atomic E-state index is 0.0467. The van der Waals surface area contributed by atoms with Gasteiger partial charge in [-0.2, -0.15) is 0 Å². The van der Waals surface area contributed by atoms with Gasteiger partial charge >= 0.3 is 12.0 Å². The number of rotatable bonds is 6. The van der Waals surface area contributed by atoms with Crippen molar-refractivity contribution in [2.75, 3.05) is 31.6 Å². The highest BCUT2D eigenvalue weighted by Crippen LogP contribution is 2.29. The minimum atomic E-state index is -1.26. The molecular weight excluding hydrogens is 500 g/mol. The third-order valence-corrected chi connectivity index (χ3v) is 7.82. The summed E-state index contributed by atoms with van der Waals surface area (Å²) in [4.78, 5) is 54.1. The summed E-state index contributed by atoms with van der Waals surface area (Å²) in [5.41, 5.74) is 12.7. The zero-order chi connectivity index (χ0) is 27.7. The Labute approximate surface area is 226 Å². The van der Waals surface area contributed by atoms with Gasteiger partial charge in [0.15, 0.2) is 0 Å². The molecule has 11 nitrogen and oxygen atoms in total. The van der Waals surface area contributed by atoms with Gasteiger partial charge in [0.2, 0.25) is 0 Å². The van der Waals surface area contributed by atoms with Crippen LogP contribution in [0.4, 0.5) is 10.5 Å². The number of carboxylic acids is 1. The number of fused-ring (bicyclic) bond motifs is 2. The molecule has 5 N–H and O–H groups in total. The van der Waals surface area contributed by atoms with E-state index < -0.39 is 17.9 Å². The Kier molecular flexibility index (Phi) is 7.42. The van der Waals surface area contributed by atoms with Gasteiger partial charge in [0.1, 0.15) is 6.04 Å². The Morgan fingerprint density at radius 2 is 1.79 bits per heavy atom. The lowest BCUT2D eigenvalue weighted by molar-refractivity contribution is -0.139. The first-order chi connectivity index (χ1) is 18.7. The molecule has 5 rings (SSSR count). The largest absolute Gasteiger partial charge is 0.480 e. The van der Waals surface area contributed by atoms with Crippen molar-refractivity contribution >= 4 is 29.5 Å². The van der Waals surface area contributed by atoms with Crippen molar-refractivity contribution in [2.24, 2.45) is 0 Å². The number of hydrazine groups is 1. The molecule has 3 heterocycles. The summed E-state index contributed by atoms with van der Waals surface area (Å²) >= 11 is 0. The van der Waals surface area contributed by atoms with Gasteiger partial charge in [-0.15, -0.1) is 0 Å². The number of likely N-dealkylation sites (tertiary alicyclic amines) is 1. The summed E-state index contributed by atoms with van der Waals surface area (Å²) in [5, 5.41) is 14.9. The molecule has 0 aromatic heterocycles. The maximum Gasteiger partial charge on any atom is 0.328 e. The highest BCUT2D eigenvalue weighted by Gasteiger charge is 2.29. The third kappa shape index (κ3) is 5.40. The average molecular weight is 535 g/mol. The molecule has 1 saturated heterocycles. The molecular formula is C28H34N6O5. The Hall–Kier alpha value is -4.12. The Balaban J connectivity index is 1.28. The van der Waals surface area contributed by atoms with E-state index in [1.54, 1.807) is 4.90 Å². The van der Waals surface area contributed by atoms with E-state index in [1.165, 1.54) is 0 Å². The van der Waals surface area contributed by atoms with E-state index >= 15 is 0 Å². The van der Waals surface area contributed by atoms with E-state index in [0.717, 1.165) is 47.3 Å². The number of aliphatic carboxylic acids is 1. The summed E-state index contributed by atoms with van der Waals surface area (Å²) in [6.07, 6.45) is 2.45. The molecule has 3 aliphatic rings. The van der Waals surface area contributed by atoms with E-state index in [2.05, 4.69) is 21.5 Å². The number of urea groups is 1. The predicted octanol–water partition coefficient (Wildman–Crippen LogP) is 1.92. The quantitative estimate of drug-likeness (QED) is 0.381. The maximum atomic E-state index is 13.3. The van der Waals surface area contributed by atoms with Crippen LogP contribution in [-0.2, 0) is 24.3 Å². The summed E-state index contributed by atoms with van der Waals surface area (Å²) in [6.45, 7) is 6.43. The standard InChI is InChI=1S/C28H34N6O5/c1-16-11-20-15-34(26(36)18-5-6-19-13-30-32-22(19)12-18)10-7-21(20)17(2)24(16)25(35)31-23(27(37)38)14-29-28(39)33-8-3-4-9-33/h5-6,11-12,23,30,32H,3-4,7-10,13-15H2,1-2H3,(H,29,39)(H,31,35)(H,37,38)/t23-/m0/s1.